The van der Waals surface area contributed by atoms with Crippen LogP contribution in [0.2, 0.25) is 0 Å². The van der Waals surface area contributed by atoms with Gasteiger partial charge in [-0.25, -0.2) is 4.39 Å². The standard InChI is InChI=1S/C15H12BrFN2/c16-14-2-1-3-15-13(14)10-19(18-15)9-8-11-4-6-12(17)7-5-11/h1-7,10H,8-9H2. The lowest BCUT2D eigenvalue weighted by Crippen LogP contribution is -2.01. The fourth-order valence-electron chi connectivity index (χ4n) is 2.07. The Labute approximate surface area is 119 Å². The molecule has 0 saturated heterocycles. The molecule has 0 unspecified atom stereocenters. The van der Waals surface area contributed by atoms with Crippen molar-refractivity contribution in [3.63, 3.8) is 0 Å². The summed E-state index contributed by atoms with van der Waals surface area (Å²) in [4.78, 5) is 0. The van der Waals surface area contributed by atoms with Crippen LogP contribution in [0.5, 0.6) is 0 Å². The molecule has 1 heterocycles. The van der Waals surface area contributed by atoms with E-state index in [1.54, 1.807) is 0 Å². The first-order chi connectivity index (χ1) is 9.22. The summed E-state index contributed by atoms with van der Waals surface area (Å²) in [6, 6.07) is 12.6. The Bertz CT molecular complexity index is 704. The van der Waals surface area contributed by atoms with Gasteiger partial charge < -0.3 is 0 Å². The van der Waals surface area contributed by atoms with Crippen molar-refractivity contribution in [1.29, 1.82) is 0 Å². The highest BCUT2D eigenvalue weighted by molar-refractivity contribution is 9.10. The maximum absolute atomic E-state index is 12.8. The zero-order chi connectivity index (χ0) is 13.2. The van der Waals surface area contributed by atoms with Gasteiger partial charge in [-0.2, -0.15) is 5.10 Å². The van der Waals surface area contributed by atoms with Crippen molar-refractivity contribution < 1.29 is 4.39 Å². The Morgan fingerprint density at radius 1 is 1.11 bits per heavy atom. The molecule has 0 aliphatic rings. The SMILES string of the molecule is Fc1ccc(CCn2cc3c(Br)cccc3n2)cc1. The Morgan fingerprint density at radius 2 is 1.89 bits per heavy atom. The molecular weight excluding hydrogens is 307 g/mol. The summed E-state index contributed by atoms with van der Waals surface area (Å²) in [6.45, 7) is 0.784. The second-order valence-corrected chi connectivity index (χ2v) is 5.30. The van der Waals surface area contributed by atoms with Gasteiger partial charge in [0.15, 0.2) is 0 Å². The van der Waals surface area contributed by atoms with E-state index in [-0.39, 0.29) is 5.82 Å². The third kappa shape index (κ3) is 2.68. The molecule has 0 aliphatic heterocycles. The molecular formula is C15H12BrFN2. The topological polar surface area (TPSA) is 17.8 Å². The van der Waals surface area contributed by atoms with Crippen LogP contribution in [0.25, 0.3) is 10.9 Å². The first-order valence-corrected chi connectivity index (χ1v) is 6.88. The quantitative estimate of drug-likeness (QED) is 0.708. The van der Waals surface area contributed by atoms with Gasteiger partial charge in [-0.15, -0.1) is 0 Å². The largest absolute Gasteiger partial charge is 0.271 e. The van der Waals surface area contributed by atoms with Gasteiger partial charge in [0.05, 0.1) is 5.52 Å². The van der Waals surface area contributed by atoms with E-state index in [9.17, 15) is 4.39 Å². The summed E-state index contributed by atoms with van der Waals surface area (Å²) >= 11 is 3.52. The van der Waals surface area contributed by atoms with Crippen molar-refractivity contribution in [2.75, 3.05) is 0 Å². The fraction of sp³-hybridized carbons (Fsp3) is 0.133. The minimum atomic E-state index is -0.197. The molecule has 0 bridgehead atoms. The van der Waals surface area contributed by atoms with Gasteiger partial charge in [0.25, 0.3) is 0 Å². The Balaban J connectivity index is 1.78. The molecule has 0 atom stereocenters. The summed E-state index contributed by atoms with van der Waals surface area (Å²) in [5, 5.41) is 5.63. The van der Waals surface area contributed by atoms with Crippen molar-refractivity contribution in [1.82, 2.24) is 9.78 Å². The van der Waals surface area contributed by atoms with E-state index >= 15 is 0 Å². The lowest BCUT2D eigenvalue weighted by Gasteiger charge is -2.01. The zero-order valence-corrected chi connectivity index (χ0v) is 11.8. The third-order valence-corrected chi connectivity index (χ3v) is 3.78. The number of nitrogens with zero attached hydrogens (tertiary/aromatic N) is 2. The van der Waals surface area contributed by atoms with Crippen LogP contribution in [0, 0.1) is 5.82 Å². The highest BCUT2D eigenvalue weighted by atomic mass is 79.9. The highest BCUT2D eigenvalue weighted by Gasteiger charge is 2.03. The molecule has 0 spiro atoms. The lowest BCUT2D eigenvalue weighted by molar-refractivity contribution is 0.613. The van der Waals surface area contributed by atoms with E-state index in [0.717, 1.165) is 33.9 Å². The zero-order valence-electron chi connectivity index (χ0n) is 10.2. The van der Waals surface area contributed by atoms with Crippen molar-refractivity contribution in [2.24, 2.45) is 0 Å². The Kier molecular flexibility index (Phi) is 3.34. The summed E-state index contributed by atoms with van der Waals surface area (Å²) in [6.07, 6.45) is 2.87. The van der Waals surface area contributed by atoms with Crippen LogP contribution in [-0.4, -0.2) is 9.78 Å². The summed E-state index contributed by atoms with van der Waals surface area (Å²) in [7, 11) is 0. The minimum absolute atomic E-state index is 0.197. The average Bonchev–Trinajstić information content (AvgIpc) is 2.83. The van der Waals surface area contributed by atoms with Crippen LogP contribution >= 0.6 is 15.9 Å². The van der Waals surface area contributed by atoms with Gasteiger partial charge in [0, 0.05) is 22.6 Å². The predicted octanol–water partition coefficient (Wildman–Crippen LogP) is 4.18. The van der Waals surface area contributed by atoms with E-state index in [4.69, 9.17) is 0 Å². The molecule has 3 aromatic rings. The molecule has 0 radical (unpaired) electrons. The van der Waals surface area contributed by atoms with Crippen LogP contribution < -0.4 is 0 Å². The van der Waals surface area contributed by atoms with Crippen molar-refractivity contribution in [3.8, 4) is 0 Å². The van der Waals surface area contributed by atoms with Gasteiger partial charge in [0.1, 0.15) is 5.82 Å². The lowest BCUT2D eigenvalue weighted by atomic mass is 10.1. The first-order valence-electron chi connectivity index (χ1n) is 6.08. The summed E-state index contributed by atoms with van der Waals surface area (Å²) in [5.41, 5.74) is 2.09. The fourth-order valence-corrected chi connectivity index (χ4v) is 2.52. The number of benzene rings is 2. The first kappa shape index (κ1) is 12.4. The van der Waals surface area contributed by atoms with Crippen molar-refractivity contribution in [2.45, 2.75) is 13.0 Å². The van der Waals surface area contributed by atoms with E-state index < -0.39 is 0 Å². The van der Waals surface area contributed by atoms with Crippen LogP contribution in [0.3, 0.4) is 0 Å². The van der Waals surface area contributed by atoms with Crippen LogP contribution in [0.1, 0.15) is 5.56 Å². The number of rotatable bonds is 3. The number of aromatic nitrogens is 2. The van der Waals surface area contributed by atoms with E-state index in [1.807, 2.05) is 41.2 Å². The molecule has 19 heavy (non-hydrogen) atoms. The van der Waals surface area contributed by atoms with Crippen LogP contribution in [0.4, 0.5) is 4.39 Å². The summed E-state index contributed by atoms with van der Waals surface area (Å²) < 4.78 is 15.8. The monoisotopic (exact) mass is 318 g/mol. The van der Waals surface area contributed by atoms with E-state index in [0.29, 0.717) is 0 Å². The van der Waals surface area contributed by atoms with E-state index in [2.05, 4.69) is 21.0 Å². The maximum atomic E-state index is 12.8. The number of aryl methyl sites for hydroxylation is 2. The molecule has 96 valence electrons. The number of hydrogen-bond acceptors (Lipinski definition) is 1. The molecule has 0 N–H and O–H groups in total. The average molecular weight is 319 g/mol. The second kappa shape index (κ2) is 5.13. The number of halogens is 2. The molecule has 1 aromatic heterocycles. The number of hydrogen-bond donors (Lipinski definition) is 0. The Morgan fingerprint density at radius 3 is 2.63 bits per heavy atom. The molecule has 2 aromatic carbocycles. The van der Waals surface area contributed by atoms with Gasteiger partial charge in [0.2, 0.25) is 0 Å². The van der Waals surface area contributed by atoms with Gasteiger partial charge >= 0.3 is 0 Å². The molecule has 0 amide bonds. The molecule has 3 rings (SSSR count). The van der Waals surface area contributed by atoms with Gasteiger partial charge in [-0.1, -0.05) is 34.1 Å². The van der Waals surface area contributed by atoms with Crippen LogP contribution in [-0.2, 0) is 13.0 Å². The molecule has 0 saturated carbocycles. The molecule has 4 heteroatoms. The van der Waals surface area contributed by atoms with Crippen LogP contribution in [0.15, 0.2) is 53.1 Å². The second-order valence-electron chi connectivity index (χ2n) is 4.44. The van der Waals surface area contributed by atoms with Gasteiger partial charge in [-0.3, -0.25) is 4.68 Å². The van der Waals surface area contributed by atoms with Crippen molar-refractivity contribution >= 4 is 26.8 Å². The summed E-state index contributed by atoms with van der Waals surface area (Å²) in [5.74, 6) is -0.197. The van der Waals surface area contributed by atoms with Crippen molar-refractivity contribution in [3.05, 3.63) is 64.5 Å². The maximum Gasteiger partial charge on any atom is 0.123 e. The molecule has 2 nitrogen and oxygen atoms in total. The third-order valence-electron chi connectivity index (χ3n) is 3.09. The van der Waals surface area contributed by atoms with Gasteiger partial charge in [-0.05, 0) is 36.2 Å². The molecule has 0 aliphatic carbocycles. The molecule has 0 fully saturated rings. The minimum Gasteiger partial charge on any atom is -0.271 e. The normalized spacial score (nSPS) is 11.1. The predicted molar refractivity (Wildman–Crippen MR) is 77.5 cm³/mol. The highest BCUT2D eigenvalue weighted by Crippen LogP contribution is 2.22. The smallest absolute Gasteiger partial charge is 0.123 e. The Hall–Kier alpha value is -1.68. The van der Waals surface area contributed by atoms with E-state index in [1.165, 1.54) is 12.1 Å². The number of fused-ring (bicyclic) bond motifs is 1.